The van der Waals surface area contributed by atoms with E-state index in [1.54, 1.807) is 36.4 Å². The molecule has 0 saturated heterocycles. The van der Waals surface area contributed by atoms with Crippen LogP contribution in [0.2, 0.25) is 0 Å². The van der Waals surface area contributed by atoms with Gasteiger partial charge < -0.3 is 14.9 Å². The summed E-state index contributed by atoms with van der Waals surface area (Å²) >= 11 is 0. The molecule has 0 saturated carbocycles. The number of hydrogen-bond acceptors (Lipinski definition) is 4. The molecule has 2 aromatic rings. The van der Waals surface area contributed by atoms with Gasteiger partial charge in [-0.3, -0.25) is 9.32 Å². The summed E-state index contributed by atoms with van der Waals surface area (Å²) < 4.78 is 16.2. The Morgan fingerprint density at radius 1 is 1.08 bits per heavy atom. The highest BCUT2D eigenvalue weighted by atomic mass is 31.2. The highest BCUT2D eigenvalue weighted by Crippen LogP contribution is 2.49. The van der Waals surface area contributed by atoms with Crippen LogP contribution in [0.3, 0.4) is 0 Å². The van der Waals surface area contributed by atoms with Crippen molar-refractivity contribution in [3.8, 4) is 0 Å². The lowest BCUT2D eigenvalue weighted by Gasteiger charge is -2.34. The summed E-state index contributed by atoms with van der Waals surface area (Å²) in [5, 5.41) is 11.1. The van der Waals surface area contributed by atoms with Crippen molar-refractivity contribution < 1.29 is 28.8 Å². The average molecular weight is 348 g/mol. The molecule has 126 valence electrons. The Kier molecular flexibility index (Phi) is 5.49. The minimum absolute atomic E-state index is 0.136. The zero-order valence-corrected chi connectivity index (χ0v) is 13.5. The highest BCUT2D eigenvalue weighted by molar-refractivity contribution is 7.46. The lowest BCUT2D eigenvalue weighted by molar-refractivity contribution is -0.146. The molecule has 0 aliphatic rings. The molecule has 0 bridgehead atoms. The molecule has 6 nitrogen and oxygen atoms in total. The minimum atomic E-state index is -5.00. The molecular weight excluding hydrogens is 331 g/mol. The van der Waals surface area contributed by atoms with Crippen molar-refractivity contribution in [1.82, 2.24) is 0 Å². The molecule has 0 heterocycles. The predicted octanol–water partition coefficient (Wildman–Crippen LogP) is 2.48. The van der Waals surface area contributed by atoms with Crippen molar-refractivity contribution in [2.24, 2.45) is 0 Å². The maximum atomic E-state index is 12.4. The van der Waals surface area contributed by atoms with E-state index in [9.17, 15) is 24.3 Å². The number of rotatable bonds is 7. The Morgan fingerprint density at radius 2 is 1.58 bits per heavy atom. The van der Waals surface area contributed by atoms with Gasteiger partial charge in [-0.15, -0.1) is 0 Å². The molecule has 2 unspecified atom stereocenters. The first-order chi connectivity index (χ1) is 11.3. The molecular formula is C17H17O6P. The van der Waals surface area contributed by atoms with E-state index in [0.717, 1.165) is 6.08 Å². The van der Waals surface area contributed by atoms with Crippen LogP contribution in [0.25, 0.3) is 0 Å². The predicted molar refractivity (Wildman–Crippen MR) is 87.9 cm³/mol. The lowest BCUT2D eigenvalue weighted by Crippen LogP contribution is -2.41. The number of phosphoric ester groups is 1. The van der Waals surface area contributed by atoms with Crippen LogP contribution in [-0.4, -0.2) is 20.7 Å². The number of carbonyl (C=O) groups excluding carboxylic acids is 1. The summed E-state index contributed by atoms with van der Waals surface area (Å²) in [6.45, 7) is 3.37. The second-order valence-corrected chi connectivity index (χ2v) is 6.28. The van der Waals surface area contributed by atoms with Crippen LogP contribution in [0.5, 0.6) is 0 Å². The van der Waals surface area contributed by atoms with Crippen LogP contribution < -0.4 is 0 Å². The summed E-state index contributed by atoms with van der Waals surface area (Å²) in [6, 6.07) is 15.7. The van der Waals surface area contributed by atoms with Crippen molar-refractivity contribution in [1.29, 1.82) is 0 Å². The summed E-state index contributed by atoms with van der Waals surface area (Å²) in [7, 11) is -5.00. The van der Waals surface area contributed by atoms with Gasteiger partial charge in [0, 0.05) is 0 Å². The second-order valence-electron chi connectivity index (χ2n) is 5.09. The minimum Gasteiger partial charge on any atom is -0.374 e. The van der Waals surface area contributed by atoms with Gasteiger partial charge in [-0.05, 0) is 17.2 Å². The van der Waals surface area contributed by atoms with E-state index < -0.39 is 25.3 Å². The fourth-order valence-electron chi connectivity index (χ4n) is 2.41. The summed E-state index contributed by atoms with van der Waals surface area (Å²) in [4.78, 5) is 30.9. The molecule has 0 aromatic heterocycles. The maximum absolute atomic E-state index is 12.4. The Bertz CT molecular complexity index is 755. The van der Waals surface area contributed by atoms with Gasteiger partial charge in [0.05, 0.1) is 0 Å². The SMILES string of the molecule is C=CC(=O)C(O)(c1ccccc1)C(OP(=O)(O)O)c1ccccc1. The van der Waals surface area contributed by atoms with Crippen molar-refractivity contribution in [2.75, 3.05) is 0 Å². The van der Waals surface area contributed by atoms with Crippen molar-refractivity contribution in [3.05, 3.63) is 84.4 Å². The van der Waals surface area contributed by atoms with E-state index in [0.29, 0.717) is 0 Å². The Morgan fingerprint density at radius 3 is 2.04 bits per heavy atom. The van der Waals surface area contributed by atoms with E-state index in [1.807, 2.05) is 0 Å². The van der Waals surface area contributed by atoms with Crippen molar-refractivity contribution in [3.63, 3.8) is 0 Å². The van der Waals surface area contributed by atoms with Crippen molar-refractivity contribution >= 4 is 13.6 Å². The molecule has 24 heavy (non-hydrogen) atoms. The third-order valence-corrected chi connectivity index (χ3v) is 3.98. The fraction of sp³-hybridized carbons (Fsp3) is 0.118. The van der Waals surface area contributed by atoms with E-state index >= 15 is 0 Å². The Hall–Kier alpha value is -2.08. The van der Waals surface area contributed by atoms with Crippen LogP contribution in [-0.2, 0) is 19.5 Å². The molecule has 3 N–H and O–H groups in total. The zero-order valence-electron chi connectivity index (χ0n) is 12.6. The van der Waals surface area contributed by atoms with Gasteiger partial charge in [0.2, 0.25) is 0 Å². The molecule has 0 amide bonds. The van der Waals surface area contributed by atoms with Crippen LogP contribution in [0, 0.1) is 0 Å². The van der Waals surface area contributed by atoms with Crippen LogP contribution in [0.4, 0.5) is 0 Å². The van der Waals surface area contributed by atoms with E-state index in [-0.39, 0.29) is 11.1 Å². The topological polar surface area (TPSA) is 104 Å². The van der Waals surface area contributed by atoms with Gasteiger partial charge in [0.25, 0.3) is 0 Å². The molecule has 0 spiro atoms. The van der Waals surface area contributed by atoms with Gasteiger partial charge in [0.1, 0.15) is 6.10 Å². The second kappa shape index (κ2) is 7.21. The third kappa shape index (κ3) is 3.87. The lowest BCUT2D eigenvalue weighted by atomic mass is 9.81. The monoisotopic (exact) mass is 348 g/mol. The first kappa shape index (κ1) is 18.3. The first-order valence-corrected chi connectivity index (χ1v) is 8.55. The van der Waals surface area contributed by atoms with Gasteiger partial charge in [-0.1, -0.05) is 67.2 Å². The largest absolute Gasteiger partial charge is 0.470 e. The fourth-order valence-corrected chi connectivity index (χ4v) is 2.96. The number of phosphoric acid groups is 1. The molecule has 2 rings (SSSR count). The summed E-state index contributed by atoms with van der Waals surface area (Å²) in [5.74, 6) is -0.837. The molecule has 0 fully saturated rings. The maximum Gasteiger partial charge on any atom is 0.470 e. The third-order valence-electron chi connectivity index (χ3n) is 3.50. The Balaban J connectivity index is 2.68. The number of carbonyl (C=O) groups is 1. The van der Waals surface area contributed by atoms with Crippen LogP contribution in [0.1, 0.15) is 17.2 Å². The zero-order chi connectivity index (χ0) is 17.8. The molecule has 0 radical (unpaired) electrons. The normalized spacial score (nSPS) is 15.3. The molecule has 0 aliphatic heterocycles. The quantitative estimate of drug-likeness (QED) is 0.525. The molecule has 2 aromatic carbocycles. The first-order valence-electron chi connectivity index (χ1n) is 7.02. The van der Waals surface area contributed by atoms with Gasteiger partial charge in [0.15, 0.2) is 11.4 Å². The Labute approximate surface area is 139 Å². The van der Waals surface area contributed by atoms with Crippen LogP contribution in [0.15, 0.2) is 73.3 Å². The highest BCUT2D eigenvalue weighted by Gasteiger charge is 2.48. The van der Waals surface area contributed by atoms with Gasteiger partial charge in [-0.2, -0.15) is 0 Å². The molecule has 0 aliphatic carbocycles. The van der Waals surface area contributed by atoms with Crippen LogP contribution >= 0.6 is 7.82 Å². The number of hydrogen-bond donors (Lipinski definition) is 3. The summed E-state index contributed by atoms with van der Waals surface area (Å²) in [6.07, 6.45) is -0.723. The smallest absolute Gasteiger partial charge is 0.374 e. The summed E-state index contributed by atoms with van der Waals surface area (Å²) in [5.41, 5.74) is -1.97. The van der Waals surface area contributed by atoms with Crippen molar-refractivity contribution in [2.45, 2.75) is 11.7 Å². The van der Waals surface area contributed by atoms with E-state index in [1.165, 1.54) is 24.3 Å². The number of benzene rings is 2. The average Bonchev–Trinajstić information content (AvgIpc) is 2.59. The number of aliphatic hydroxyl groups is 1. The molecule has 2 atom stereocenters. The van der Waals surface area contributed by atoms with E-state index in [2.05, 4.69) is 6.58 Å². The van der Waals surface area contributed by atoms with E-state index in [4.69, 9.17) is 4.52 Å². The van der Waals surface area contributed by atoms with Gasteiger partial charge in [-0.25, -0.2) is 4.57 Å². The number of ketones is 1. The standard InChI is InChI=1S/C17H17O6P/c1-2-15(18)17(19,14-11-7-4-8-12-14)16(23-24(20,21)22)13-9-5-3-6-10-13/h2-12,16,19H,1H2,(H2,20,21,22). The molecule has 7 heteroatoms. The van der Waals surface area contributed by atoms with Gasteiger partial charge >= 0.3 is 7.82 Å².